The SMILES string of the molecule is FC(F)(F)c1ccc(-[n+]2ccccc2)c(Cl)n1.[Cl-]. The monoisotopic (exact) mass is 294 g/mol. The van der Waals surface area contributed by atoms with Gasteiger partial charge in [-0.25, -0.2) is 4.98 Å². The molecule has 0 saturated carbocycles. The maximum Gasteiger partial charge on any atom is 0.433 e. The molecule has 96 valence electrons. The lowest BCUT2D eigenvalue weighted by molar-refractivity contribution is -0.595. The molecule has 0 bridgehead atoms. The number of pyridine rings is 2. The Morgan fingerprint density at radius 1 is 1.06 bits per heavy atom. The number of hydrogen-bond acceptors (Lipinski definition) is 1. The van der Waals surface area contributed by atoms with Crippen molar-refractivity contribution in [2.45, 2.75) is 6.18 Å². The highest BCUT2D eigenvalue weighted by molar-refractivity contribution is 6.30. The molecule has 2 aromatic heterocycles. The lowest BCUT2D eigenvalue weighted by Gasteiger charge is -2.05. The van der Waals surface area contributed by atoms with Crippen LogP contribution in [-0.4, -0.2) is 4.98 Å². The number of aromatic nitrogens is 2. The van der Waals surface area contributed by atoms with Crippen LogP contribution in [0.3, 0.4) is 0 Å². The van der Waals surface area contributed by atoms with Crippen LogP contribution in [0.25, 0.3) is 5.69 Å². The van der Waals surface area contributed by atoms with Gasteiger partial charge in [-0.05, 0) is 6.07 Å². The molecule has 0 N–H and O–H groups in total. The van der Waals surface area contributed by atoms with Crippen molar-refractivity contribution >= 4 is 11.6 Å². The van der Waals surface area contributed by atoms with Crippen LogP contribution >= 0.6 is 11.6 Å². The van der Waals surface area contributed by atoms with Gasteiger partial charge < -0.3 is 12.4 Å². The standard InChI is InChI=1S/C11H7ClF3N2.ClH/c12-10-8(17-6-2-1-3-7-17)4-5-9(16-10)11(13,14)15;/h1-7H;1H/q+1;/p-1. The van der Waals surface area contributed by atoms with E-state index in [2.05, 4.69) is 4.98 Å². The molecule has 0 atom stereocenters. The molecule has 0 aliphatic carbocycles. The summed E-state index contributed by atoms with van der Waals surface area (Å²) in [5.41, 5.74) is -0.594. The molecule has 0 unspecified atom stereocenters. The topological polar surface area (TPSA) is 16.8 Å². The van der Waals surface area contributed by atoms with Gasteiger partial charge in [-0.15, -0.1) is 0 Å². The first-order chi connectivity index (χ1) is 7.98. The molecular formula is C11H7Cl2F3N2. The Labute approximate surface area is 112 Å². The third kappa shape index (κ3) is 3.11. The molecule has 2 rings (SSSR count). The van der Waals surface area contributed by atoms with E-state index in [0.29, 0.717) is 5.69 Å². The summed E-state index contributed by atoms with van der Waals surface area (Å²) in [5.74, 6) is 0. The van der Waals surface area contributed by atoms with Crippen molar-refractivity contribution in [1.29, 1.82) is 0 Å². The van der Waals surface area contributed by atoms with Crippen LogP contribution in [0.15, 0.2) is 42.7 Å². The van der Waals surface area contributed by atoms with Crippen LogP contribution in [0.1, 0.15) is 5.69 Å². The molecule has 2 aromatic rings. The fraction of sp³-hybridized carbons (Fsp3) is 0.0909. The van der Waals surface area contributed by atoms with E-state index in [1.807, 2.05) is 0 Å². The van der Waals surface area contributed by atoms with E-state index in [4.69, 9.17) is 11.6 Å². The van der Waals surface area contributed by atoms with Crippen LogP contribution in [-0.2, 0) is 6.18 Å². The van der Waals surface area contributed by atoms with Crippen molar-refractivity contribution in [2.24, 2.45) is 0 Å². The zero-order valence-corrected chi connectivity index (χ0v) is 10.3. The quantitative estimate of drug-likeness (QED) is 0.536. The normalized spacial score (nSPS) is 10.9. The lowest BCUT2D eigenvalue weighted by Crippen LogP contribution is -3.00. The van der Waals surface area contributed by atoms with Crippen LogP contribution in [0.5, 0.6) is 0 Å². The summed E-state index contributed by atoms with van der Waals surface area (Å²) in [6, 6.07) is 7.48. The summed E-state index contributed by atoms with van der Waals surface area (Å²) in [6.45, 7) is 0. The predicted molar refractivity (Wildman–Crippen MR) is 55.8 cm³/mol. The van der Waals surface area contributed by atoms with E-state index < -0.39 is 11.9 Å². The molecule has 0 amide bonds. The molecule has 0 saturated heterocycles. The maximum atomic E-state index is 12.4. The predicted octanol–water partition coefficient (Wildman–Crippen LogP) is 0.0345. The second-order valence-electron chi connectivity index (χ2n) is 3.29. The number of rotatable bonds is 1. The molecule has 18 heavy (non-hydrogen) atoms. The van der Waals surface area contributed by atoms with Gasteiger partial charge in [0.1, 0.15) is 5.69 Å². The number of halogens is 5. The van der Waals surface area contributed by atoms with E-state index in [0.717, 1.165) is 6.07 Å². The first-order valence-electron chi connectivity index (χ1n) is 4.69. The molecule has 0 radical (unpaired) electrons. The van der Waals surface area contributed by atoms with Crippen LogP contribution < -0.4 is 17.0 Å². The summed E-state index contributed by atoms with van der Waals surface area (Å²) < 4.78 is 38.7. The van der Waals surface area contributed by atoms with Gasteiger partial charge in [-0.2, -0.15) is 17.7 Å². The minimum atomic E-state index is -4.48. The van der Waals surface area contributed by atoms with Gasteiger partial charge in [0.05, 0.1) is 0 Å². The zero-order valence-electron chi connectivity index (χ0n) is 8.83. The molecule has 7 heteroatoms. The Kier molecular flexibility index (Phi) is 4.53. The number of nitrogens with zero attached hydrogens (tertiary/aromatic N) is 2. The third-order valence-corrected chi connectivity index (χ3v) is 2.39. The van der Waals surface area contributed by atoms with Crippen molar-refractivity contribution in [2.75, 3.05) is 0 Å². The summed E-state index contributed by atoms with van der Waals surface area (Å²) in [6.07, 6.45) is -1.13. The molecule has 0 aliphatic rings. The van der Waals surface area contributed by atoms with Gasteiger partial charge in [0, 0.05) is 18.2 Å². The smallest absolute Gasteiger partial charge is 0.433 e. The lowest BCUT2D eigenvalue weighted by atomic mass is 10.3. The second kappa shape index (κ2) is 5.54. The Morgan fingerprint density at radius 3 is 2.17 bits per heavy atom. The van der Waals surface area contributed by atoms with Crippen LogP contribution in [0.2, 0.25) is 5.15 Å². The Bertz CT molecular complexity index is 530. The molecule has 2 nitrogen and oxygen atoms in total. The van der Waals surface area contributed by atoms with Crippen LogP contribution in [0, 0.1) is 0 Å². The van der Waals surface area contributed by atoms with Crippen molar-refractivity contribution in [3.8, 4) is 5.69 Å². The molecule has 0 spiro atoms. The van der Waals surface area contributed by atoms with E-state index in [1.54, 1.807) is 35.2 Å². The van der Waals surface area contributed by atoms with Crippen molar-refractivity contribution in [3.05, 3.63) is 53.6 Å². The van der Waals surface area contributed by atoms with Crippen molar-refractivity contribution < 1.29 is 30.1 Å². The van der Waals surface area contributed by atoms with Gasteiger partial charge >= 0.3 is 6.18 Å². The maximum absolute atomic E-state index is 12.4. The fourth-order valence-electron chi connectivity index (χ4n) is 1.34. The summed E-state index contributed by atoms with van der Waals surface area (Å²) in [4.78, 5) is 3.34. The zero-order chi connectivity index (χ0) is 12.5. The molecular weight excluding hydrogens is 288 g/mol. The molecule has 0 aromatic carbocycles. The largest absolute Gasteiger partial charge is 1.00 e. The minimum Gasteiger partial charge on any atom is -1.00 e. The Morgan fingerprint density at radius 2 is 1.67 bits per heavy atom. The van der Waals surface area contributed by atoms with E-state index in [9.17, 15) is 13.2 Å². The van der Waals surface area contributed by atoms with Crippen LogP contribution in [0.4, 0.5) is 13.2 Å². The van der Waals surface area contributed by atoms with Crippen molar-refractivity contribution in [3.63, 3.8) is 0 Å². The van der Waals surface area contributed by atoms with Gasteiger partial charge in [0.2, 0.25) is 10.8 Å². The average molecular weight is 295 g/mol. The Balaban J connectivity index is 0.00000162. The third-order valence-electron chi connectivity index (χ3n) is 2.11. The molecule has 0 aliphatic heterocycles. The first kappa shape index (κ1) is 14.7. The summed E-state index contributed by atoms with van der Waals surface area (Å²) in [5, 5.41) is -0.184. The van der Waals surface area contributed by atoms with E-state index in [-0.39, 0.29) is 17.6 Å². The highest BCUT2D eigenvalue weighted by Gasteiger charge is 2.33. The van der Waals surface area contributed by atoms with Gasteiger partial charge in [-0.1, -0.05) is 17.7 Å². The highest BCUT2D eigenvalue weighted by atomic mass is 35.5. The highest BCUT2D eigenvalue weighted by Crippen LogP contribution is 2.29. The minimum absolute atomic E-state index is 0. The summed E-state index contributed by atoms with van der Waals surface area (Å²) >= 11 is 5.74. The first-order valence-corrected chi connectivity index (χ1v) is 5.07. The van der Waals surface area contributed by atoms with Gasteiger partial charge in [0.25, 0.3) is 0 Å². The molecule has 2 heterocycles. The van der Waals surface area contributed by atoms with E-state index >= 15 is 0 Å². The molecule has 0 fully saturated rings. The van der Waals surface area contributed by atoms with E-state index in [1.165, 1.54) is 6.07 Å². The number of alkyl halides is 3. The van der Waals surface area contributed by atoms with Gasteiger partial charge in [-0.3, -0.25) is 0 Å². The summed E-state index contributed by atoms with van der Waals surface area (Å²) in [7, 11) is 0. The Hall–Kier alpha value is -1.33. The van der Waals surface area contributed by atoms with Crippen molar-refractivity contribution in [1.82, 2.24) is 4.98 Å². The fourth-order valence-corrected chi connectivity index (χ4v) is 1.59. The number of hydrogen-bond donors (Lipinski definition) is 0. The van der Waals surface area contributed by atoms with Gasteiger partial charge in [0.15, 0.2) is 12.4 Å². The average Bonchev–Trinajstić information content (AvgIpc) is 2.29. The second-order valence-corrected chi connectivity index (χ2v) is 3.64.